The van der Waals surface area contributed by atoms with Crippen LogP contribution in [-0.2, 0) is 0 Å². The molecule has 0 radical (unpaired) electrons. The number of benzene rings is 2. The molecule has 4 aromatic rings. The van der Waals surface area contributed by atoms with Gasteiger partial charge in [-0.25, -0.2) is 9.59 Å². The van der Waals surface area contributed by atoms with Crippen LogP contribution >= 0.6 is 0 Å². The van der Waals surface area contributed by atoms with E-state index in [1.54, 1.807) is 24.3 Å². The summed E-state index contributed by atoms with van der Waals surface area (Å²) in [4.78, 5) is 39.3. The molecule has 2 aromatic carbocycles. The molecule has 172 valence electrons. The Morgan fingerprint density at radius 1 is 0.853 bits per heavy atom. The van der Waals surface area contributed by atoms with E-state index in [2.05, 4.69) is 10.1 Å². The Labute approximate surface area is 194 Å². The van der Waals surface area contributed by atoms with Gasteiger partial charge in [0, 0.05) is 11.6 Å². The Morgan fingerprint density at radius 3 is 2.03 bits per heavy atom. The SMILES string of the molecule is O=C(O)c1ccc(-c2ccc(-c3[nH]c4cc(C(=O)O)nn4c(=O)c3C3CCCCC3)cc2)cc1. The summed E-state index contributed by atoms with van der Waals surface area (Å²) in [5.74, 6) is -2.07. The molecule has 0 bridgehead atoms. The third-order valence-corrected chi connectivity index (χ3v) is 6.53. The van der Waals surface area contributed by atoms with Gasteiger partial charge in [-0.05, 0) is 47.6 Å². The van der Waals surface area contributed by atoms with Crippen molar-refractivity contribution in [3.63, 3.8) is 0 Å². The molecule has 0 spiro atoms. The highest BCUT2D eigenvalue weighted by molar-refractivity contribution is 5.88. The van der Waals surface area contributed by atoms with Crippen LogP contribution in [0, 0.1) is 0 Å². The number of aromatic nitrogens is 3. The number of fused-ring (bicyclic) bond motifs is 1. The summed E-state index contributed by atoms with van der Waals surface area (Å²) in [5, 5.41) is 22.5. The molecule has 2 aromatic heterocycles. The molecule has 34 heavy (non-hydrogen) atoms. The molecule has 0 atom stereocenters. The minimum atomic E-state index is -1.18. The van der Waals surface area contributed by atoms with Crippen LogP contribution in [0.1, 0.15) is 64.4 Å². The molecule has 1 aliphatic carbocycles. The smallest absolute Gasteiger partial charge is 0.356 e. The summed E-state index contributed by atoms with van der Waals surface area (Å²) in [6.45, 7) is 0. The monoisotopic (exact) mass is 457 g/mol. The number of carboxylic acid groups (broad SMARTS) is 2. The van der Waals surface area contributed by atoms with Gasteiger partial charge in [0.15, 0.2) is 5.69 Å². The van der Waals surface area contributed by atoms with E-state index in [0.717, 1.165) is 53.3 Å². The van der Waals surface area contributed by atoms with Crippen LogP contribution < -0.4 is 5.56 Å². The van der Waals surface area contributed by atoms with Crippen molar-refractivity contribution < 1.29 is 19.8 Å². The molecule has 0 aliphatic heterocycles. The lowest BCUT2D eigenvalue weighted by Gasteiger charge is -2.23. The summed E-state index contributed by atoms with van der Waals surface area (Å²) in [7, 11) is 0. The number of aromatic carboxylic acids is 2. The summed E-state index contributed by atoms with van der Waals surface area (Å²) >= 11 is 0. The lowest BCUT2D eigenvalue weighted by atomic mass is 9.82. The number of rotatable bonds is 5. The van der Waals surface area contributed by atoms with Gasteiger partial charge in [-0.3, -0.25) is 4.79 Å². The summed E-state index contributed by atoms with van der Waals surface area (Å²) in [6, 6.07) is 15.7. The normalized spacial score (nSPS) is 14.4. The summed E-state index contributed by atoms with van der Waals surface area (Å²) < 4.78 is 1.16. The van der Waals surface area contributed by atoms with Gasteiger partial charge in [0.05, 0.1) is 11.3 Å². The topological polar surface area (TPSA) is 125 Å². The van der Waals surface area contributed by atoms with Crippen molar-refractivity contribution in [2.24, 2.45) is 0 Å². The van der Waals surface area contributed by atoms with Crippen molar-refractivity contribution in [1.82, 2.24) is 14.6 Å². The zero-order chi connectivity index (χ0) is 23.8. The van der Waals surface area contributed by atoms with E-state index in [4.69, 9.17) is 5.11 Å². The van der Waals surface area contributed by atoms with E-state index in [9.17, 15) is 19.5 Å². The molecule has 2 heterocycles. The highest BCUT2D eigenvalue weighted by Crippen LogP contribution is 2.36. The predicted octanol–water partition coefficient (Wildman–Crippen LogP) is 4.80. The van der Waals surface area contributed by atoms with Crippen molar-refractivity contribution in [3.8, 4) is 22.4 Å². The van der Waals surface area contributed by atoms with Crippen LogP contribution in [0.25, 0.3) is 28.0 Å². The van der Waals surface area contributed by atoms with Crippen LogP contribution in [0.4, 0.5) is 0 Å². The number of carboxylic acids is 2. The van der Waals surface area contributed by atoms with Crippen LogP contribution in [0.5, 0.6) is 0 Å². The molecule has 8 nitrogen and oxygen atoms in total. The zero-order valence-electron chi connectivity index (χ0n) is 18.3. The van der Waals surface area contributed by atoms with Crippen LogP contribution in [-0.4, -0.2) is 36.7 Å². The van der Waals surface area contributed by atoms with Gasteiger partial charge in [-0.1, -0.05) is 55.7 Å². The molecule has 1 saturated carbocycles. The quantitative estimate of drug-likeness (QED) is 0.395. The van der Waals surface area contributed by atoms with Crippen molar-refractivity contribution >= 4 is 17.6 Å². The molecule has 0 saturated heterocycles. The molecule has 0 unspecified atom stereocenters. The first kappa shape index (κ1) is 21.6. The van der Waals surface area contributed by atoms with Crippen molar-refractivity contribution in [2.75, 3.05) is 0 Å². The number of H-pyrrole nitrogens is 1. The Bertz CT molecular complexity index is 1440. The summed E-state index contributed by atoms with van der Waals surface area (Å²) in [5.41, 5.74) is 4.06. The number of nitrogens with zero attached hydrogens (tertiary/aromatic N) is 2. The fraction of sp³-hybridized carbons (Fsp3) is 0.231. The third-order valence-electron chi connectivity index (χ3n) is 6.53. The molecular formula is C26H23N3O5. The Hall–Kier alpha value is -4.20. The molecular weight excluding hydrogens is 434 g/mol. The second-order valence-electron chi connectivity index (χ2n) is 8.65. The highest BCUT2D eigenvalue weighted by atomic mass is 16.4. The number of nitrogens with one attached hydrogen (secondary N) is 1. The minimum absolute atomic E-state index is 0.0811. The second kappa shape index (κ2) is 8.62. The van der Waals surface area contributed by atoms with E-state index in [-0.39, 0.29) is 22.7 Å². The average molecular weight is 457 g/mol. The van der Waals surface area contributed by atoms with E-state index >= 15 is 0 Å². The van der Waals surface area contributed by atoms with E-state index in [1.807, 2.05) is 24.3 Å². The Morgan fingerprint density at radius 2 is 1.44 bits per heavy atom. The maximum absolute atomic E-state index is 13.5. The fourth-order valence-corrected chi connectivity index (χ4v) is 4.78. The van der Waals surface area contributed by atoms with E-state index < -0.39 is 11.9 Å². The van der Waals surface area contributed by atoms with E-state index in [0.29, 0.717) is 16.9 Å². The predicted molar refractivity (Wildman–Crippen MR) is 126 cm³/mol. The van der Waals surface area contributed by atoms with Gasteiger partial charge in [-0.15, -0.1) is 0 Å². The molecule has 1 fully saturated rings. The third kappa shape index (κ3) is 3.87. The number of aromatic amines is 1. The lowest BCUT2D eigenvalue weighted by molar-refractivity contribution is 0.0682. The van der Waals surface area contributed by atoms with Gasteiger partial charge in [0.25, 0.3) is 5.56 Å². The Kier molecular flexibility index (Phi) is 5.49. The van der Waals surface area contributed by atoms with Crippen LogP contribution in [0.2, 0.25) is 0 Å². The first-order chi connectivity index (χ1) is 16.4. The molecule has 1 aliphatic rings. The first-order valence-corrected chi connectivity index (χ1v) is 11.3. The molecule has 3 N–H and O–H groups in total. The first-order valence-electron chi connectivity index (χ1n) is 11.3. The van der Waals surface area contributed by atoms with Crippen molar-refractivity contribution in [3.05, 3.63) is 81.8 Å². The maximum Gasteiger partial charge on any atom is 0.356 e. The van der Waals surface area contributed by atoms with Gasteiger partial charge < -0.3 is 15.2 Å². The highest BCUT2D eigenvalue weighted by Gasteiger charge is 2.25. The van der Waals surface area contributed by atoms with Crippen LogP contribution in [0.15, 0.2) is 59.4 Å². The number of hydrogen-bond donors (Lipinski definition) is 3. The van der Waals surface area contributed by atoms with Gasteiger partial charge in [0.2, 0.25) is 0 Å². The minimum Gasteiger partial charge on any atom is -0.478 e. The van der Waals surface area contributed by atoms with Crippen molar-refractivity contribution in [2.45, 2.75) is 38.0 Å². The average Bonchev–Trinajstić information content (AvgIpc) is 3.30. The maximum atomic E-state index is 13.5. The summed E-state index contributed by atoms with van der Waals surface area (Å²) in [6.07, 6.45) is 5.05. The van der Waals surface area contributed by atoms with Gasteiger partial charge >= 0.3 is 11.9 Å². The molecule has 8 heteroatoms. The van der Waals surface area contributed by atoms with Gasteiger partial charge in [-0.2, -0.15) is 9.61 Å². The number of carbonyl (C=O) groups is 2. The molecule has 5 rings (SSSR count). The lowest BCUT2D eigenvalue weighted by Crippen LogP contribution is -2.25. The molecule has 0 amide bonds. The Balaban J connectivity index is 1.60. The second-order valence-corrected chi connectivity index (χ2v) is 8.65. The van der Waals surface area contributed by atoms with Gasteiger partial charge in [0.1, 0.15) is 5.65 Å². The van der Waals surface area contributed by atoms with Crippen molar-refractivity contribution in [1.29, 1.82) is 0 Å². The standard InChI is InChI=1S/C26H23N3O5/c30-24-22(17-4-2-1-3-5-17)23(27-21-14-20(26(33)34)28-29(21)24)18-10-6-15(7-11-18)16-8-12-19(13-9-16)25(31)32/h6-14,17,27H,1-5H2,(H,31,32)(H,33,34). The largest absolute Gasteiger partial charge is 0.478 e. The van der Waals surface area contributed by atoms with E-state index in [1.165, 1.54) is 6.07 Å². The zero-order valence-corrected chi connectivity index (χ0v) is 18.3. The van der Waals surface area contributed by atoms with Crippen LogP contribution in [0.3, 0.4) is 0 Å². The number of hydrogen-bond acceptors (Lipinski definition) is 4. The fourth-order valence-electron chi connectivity index (χ4n) is 4.78.